The lowest BCUT2D eigenvalue weighted by molar-refractivity contribution is -0.118. The number of para-hydroxylation sites is 1. The van der Waals surface area contributed by atoms with Crippen LogP contribution in [-0.2, 0) is 11.4 Å². The fourth-order valence-corrected chi connectivity index (χ4v) is 6.11. The topological polar surface area (TPSA) is 79.4 Å². The zero-order valence-corrected chi connectivity index (χ0v) is 24.4. The second-order valence-corrected chi connectivity index (χ2v) is 12.1. The Balaban J connectivity index is 1.67. The van der Waals surface area contributed by atoms with E-state index in [0.717, 1.165) is 39.2 Å². The van der Waals surface area contributed by atoms with Crippen molar-refractivity contribution < 1.29 is 9.53 Å². The highest BCUT2D eigenvalue weighted by atomic mass is 35.5. The third-order valence-corrected chi connectivity index (χ3v) is 8.23. The van der Waals surface area contributed by atoms with Crippen molar-refractivity contribution in [3.63, 3.8) is 0 Å². The van der Waals surface area contributed by atoms with E-state index in [4.69, 9.17) is 22.1 Å². The molecule has 0 saturated heterocycles. The Hall–Kier alpha value is -4.01. The van der Waals surface area contributed by atoms with Crippen molar-refractivity contribution in [2.75, 3.05) is 4.90 Å². The number of anilines is 1. The first-order valence-corrected chi connectivity index (χ1v) is 13.9. The molecular weight excluding hydrogens is 518 g/mol. The number of nitrogens with two attached hydrogens (primary N) is 1. The molecule has 5 rings (SSSR count). The Bertz CT molecular complexity index is 1610. The Morgan fingerprint density at radius 1 is 1.02 bits per heavy atom. The summed E-state index contributed by atoms with van der Waals surface area (Å²) in [6.45, 7) is 10.7. The van der Waals surface area contributed by atoms with Crippen LogP contribution in [0.25, 0.3) is 0 Å². The molecule has 40 heavy (non-hydrogen) atoms. The van der Waals surface area contributed by atoms with Gasteiger partial charge < -0.3 is 10.5 Å². The molecule has 1 aliphatic heterocycles. The summed E-state index contributed by atoms with van der Waals surface area (Å²) in [6.07, 6.45) is 1.09. The Kier molecular flexibility index (Phi) is 7.25. The fourth-order valence-electron chi connectivity index (χ4n) is 5.98. The zero-order chi connectivity index (χ0) is 28.8. The minimum absolute atomic E-state index is 0.0639. The molecule has 3 aromatic rings. The van der Waals surface area contributed by atoms with E-state index >= 15 is 0 Å². The molecule has 2 N–H and O–H groups in total. The van der Waals surface area contributed by atoms with Crippen LogP contribution in [0.3, 0.4) is 0 Å². The van der Waals surface area contributed by atoms with Gasteiger partial charge in [-0.2, -0.15) is 5.26 Å². The van der Waals surface area contributed by atoms with E-state index in [0.29, 0.717) is 47.2 Å². The van der Waals surface area contributed by atoms with Crippen molar-refractivity contribution in [1.29, 1.82) is 5.26 Å². The van der Waals surface area contributed by atoms with Gasteiger partial charge in [0, 0.05) is 22.7 Å². The lowest BCUT2D eigenvalue weighted by Gasteiger charge is -2.44. The van der Waals surface area contributed by atoms with Gasteiger partial charge >= 0.3 is 0 Å². The lowest BCUT2D eigenvalue weighted by Crippen LogP contribution is -2.42. The molecule has 0 bridgehead atoms. The normalized spacial score (nSPS) is 18.5. The molecule has 1 atom stereocenters. The number of nitrogens with zero attached hydrogens (tertiary/aromatic N) is 2. The van der Waals surface area contributed by atoms with Crippen molar-refractivity contribution in [3.8, 4) is 11.8 Å². The van der Waals surface area contributed by atoms with E-state index in [-0.39, 0.29) is 11.2 Å². The molecule has 0 fully saturated rings. The highest BCUT2D eigenvalue weighted by Gasteiger charge is 2.45. The summed E-state index contributed by atoms with van der Waals surface area (Å²) in [6, 6.07) is 21.8. The van der Waals surface area contributed by atoms with Gasteiger partial charge in [0.1, 0.15) is 18.2 Å². The first-order valence-electron chi connectivity index (χ1n) is 13.5. The smallest absolute Gasteiger partial charge is 0.162 e. The predicted octanol–water partition coefficient (Wildman–Crippen LogP) is 7.79. The van der Waals surface area contributed by atoms with Crippen molar-refractivity contribution in [2.24, 2.45) is 11.1 Å². The number of carbonyl (C=O) groups excluding carboxylic acids is 1. The second kappa shape index (κ2) is 10.5. The molecule has 0 amide bonds. The van der Waals surface area contributed by atoms with Crippen LogP contribution >= 0.6 is 11.6 Å². The van der Waals surface area contributed by atoms with E-state index in [1.807, 2.05) is 62.1 Å². The number of hydrogen-bond donors (Lipinski definition) is 1. The number of halogens is 1. The molecule has 1 heterocycles. The van der Waals surface area contributed by atoms with Crippen LogP contribution in [0.4, 0.5) is 5.69 Å². The standard InChI is InChI=1S/C34H34ClN3O2/c1-20-8-6-7-9-28(20)38-29-16-34(4,5)17-30(39)32(29)31(27(18-36)33(38)37)26-15-23(21(2)14-22(26)3)19-40-25-12-10-24(35)11-13-25/h6-15,31H,16-17,19,37H2,1-5H3. The van der Waals surface area contributed by atoms with Gasteiger partial charge in [0.2, 0.25) is 0 Å². The summed E-state index contributed by atoms with van der Waals surface area (Å²) in [7, 11) is 0. The molecule has 1 unspecified atom stereocenters. The van der Waals surface area contributed by atoms with Crippen molar-refractivity contribution in [2.45, 2.75) is 60.0 Å². The lowest BCUT2D eigenvalue weighted by atomic mass is 9.68. The van der Waals surface area contributed by atoms with Crippen LogP contribution in [0.5, 0.6) is 5.75 Å². The Morgan fingerprint density at radius 2 is 1.73 bits per heavy atom. The number of hydrogen-bond acceptors (Lipinski definition) is 5. The van der Waals surface area contributed by atoms with Crippen LogP contribution in [0.15, 0.2) is 83.3 Å². The first kappa shape index (κ1) is 27.6. The van der Waals surface area contributed by atoms with E-state index in [9.17, 15) is 10.1 Å². The number of ether oxygens (including phenoxy) is 1. The number of rotatable bonds is 5. The van der Waals surface area contributed by atoms with Gasteiger partial charge in [-0.1, -0.05) is 55.8 Å². The molecule has 204 valence electrons. The third kappa shape index (κ3) is 5.00. The van der Waals surface area contributed by atoms with Gasteiger partial charge in [0.25, 0.3) is 0 Å². The number of benzene rings is 3. The van der Waals surface area contributed by atoms with E-state index < -0.39 is 5.92 Å². The Morgan fingerprint density at radius 3 is 2.40 bits per heavy atom. The monoisotopic (exact) mass is 551 g/mol. The zero-order valence-electron chi connectivity index (χ0n) is 23.6. The first-order chi connectivity index (χ1) is 19.0. The number of carbonyl (C=O) groups is 1. The summed E-state index contributed by atoms with van der Waals surface area (Å²) in [4.78, 5) is 15.9. The second-order valence-electron chi connectivity index (χ2n) is 11.6. The maximum atomic E-state index is 14.0. The molecular formula is C34H34ClN3O2. The number of ketones is 1. The summed E-state index contributed by atoms with van der Waals surface area (Å²) in [5.41, 5.74) is 14.5. The molecule has 2 aliphatic rings. The number of aryl methyl sites for hydroxylation is 3. The summed E-state index contributed by atoms with van der Waals surface area (Å²) in [5, 5.41) is 11.2. The van der Waals surface area contributed by atoms with Gasteiger partial charge in [0.15, 0.2) is 5.78 Å². The van der Waals surface area contributed by atoms with E-state index in [2.05, 4.69) is 32.0 Å². The molecule has 1 aliphatic carbocycles. The largest absolute Gasteiger partial charge is 0.489 e. The molecule has 5 nitrogen and oxygen atoms in total. The minimum atomic E-state index is -0.543. The average molecular weight is 552 g/mol. The van der Waals surface area contributed by atoms with Gasteiger partial charge in [-0.05, 0) is 90.8 Å². The van der Waals surface area contributed by atoms with Gasteiger partial charge in [-0.25, -0.2) is 0 Å². The number of allylic oxidation sites excluding steroid dienone is 3. The van der Waals surface area contributed by atoms with Crippen molar-refractivity contribution >= 4 is 23.1 Å². The molecule has 0 radical (unpaired) electrons. The van der Waals surface area contributed by atoms with E-state index in [1.165, 1.54) is 0 Å². The molecule has 0 spiro atoms. The maximum Gasteiger partial charge on any atom is 0.162 e. The highest BCUT2D eigenvalue weighted by molar-refractivity contribution is 6.30. The summed E-state index contributed by atoms with van der Waals surface area (Å²) in [5.74, 6) is 0.617. The molecule has 3 aromatic carbocycles. The van der Waals surface area contributed by atoms with Crippen LogP contribution in [0, 0.1) is 37.5 Å². The molecule has 6 heteroatoms. The fraction of sp³-hybridized carbons (Fsp3) is 0.294. The molecule has 0 aromatic heterocycles. The van der Waals surface area contributed by atoms with Crippen molar-refractivity contribution in [3.05, 3.63) is 116 Å². The van der Waals surface area contributed by atoms with Crippen LogP contribution in [-0.4, -0.2) is 5.78 Å². The maximum absolute atomic E-state index is 14.0. The number of nitriles is 1. The van der Waals surface area contributed by atoms with Crippen LogP contribution < -0.4 is 15.4 Å². The Labute approximate surface area is 241 Å². The van der Waals surface area contributed by atoms with Crippen LogP contribution in [0.2, 0.25) is 5.02 Å². The minimum Gasteiger partial charge on any atom is -0.489 e. The van der Waals surface area contributed by atoms with Crippen molar-refractivity contribution in [1.82, 2.24) is 0 Å². The van der Waals surface area contributed by atoms with Gasteiger partial charge in [-0.15, -0.1) is 0 Å². The van der Waals surface area contributed by atoms with Crippen LogP contribution in [0.1, 0.15) is 60.4 Å². The number of Topliss-reactive ketones (excluding diaryl/α,β-unsaturated/α-hetero) is 1. The average Bonchev–Trinajstić information content (AvgIpc) is 2.89. The third-order valence-electron chi connectivity index (χ3n) is 7.98. The SMILES string of the molecule is Cc1cc(C)c(C2C(C#N)=C(N)N(c3ccccc3C)C3=C2C(=O)CC(C)(C)C3)cc1COc1ccc(Cl)cc1. The summed E-state index contributed by atoms with van der Waals surface area (Å²) >= 11 is 6.03. The molecule has 0 saturated carbocycles. The summed E-state index contributed by atoms with van der Waals surface area (Å²) < 4.78 is 6.08. The van der Waals surface area contributed by atoms with Gasteiger partial charge in [0.05, 0.1) is 23.2 Å². The predicted molar refractivity (Wildman–Crippen MR) is 160 cm³/mol. The quantitative estimate of drug-likeness (QED) is 0.350. The highest BCUT2D eigenvalue weighted by Crippen LogP contribution is 2.51. The van der Waals surface area contributed by atoms with Gasteiger partial charge in [-0.3, -0.25) is 9.69 Å². The van der Waals surface area contributed by atoms with E-state index in [1.54, 1.807) is 12.1 Å².